The van der Waals surface area contributed by atoms with Crippen LogP contribution in [0.1, 0.15) is 33.0 Å². The third-order valence-corrected chi connectivity index (χ3v) is 6.35. The van der Waals surface area contributed by atoms with E-state index in [1.54, 1.807) is 64.4 Å². The zero-order valence-electron chi connectivity index (χ0n) is 21.5. The molecular weight excluding hydrogens is 470 g/mol. The Hall–Kier alpha value is -4.59. The van der Waals surface area contributed by atoms with E-state index in [1.807, 2.05) is 51.2 Å². The number of esters is 1. The third-order valence-electron chi connectivity index (χ3n) is 6.35. The van der Waals surface area contributed by atoms with Crippen molar-refractivity contribution in [3.05, 3.63) is 105 Å². The van der Waals surface area contributed by atoms with Crippen molar-refractivity contribution in [2.75, 3.05) is 13.7 Å². The van der Waals surface area contributed by atoms with Crippen molar-refractivity contribution in [3.63, 3.8) is 0 Å². The van der Waals surface area contributed by atoms with Gasteiger partial charge in [-0.1, -0.05) is 30.3 Å². The number of rotatable bonds is 8. The second kappa shape index (κ2) is 10.6. The van der Waals surface area contributed by atoms with E-state index in [4.69, 9.17) is 9.47 Å². The molecule has 0 saturated carbocycles. The van der Waals surface area contributed by atoms with Crippen LogP contribution in [-0.2, 0) is 16.6 Å². The van der Waals surface area contributed by atoms with E-state index in [0.29, 0.717) is 22.7 Å². The molecule has 4 aromatic rings. The number of nitrogens with zero attached hydrogens (tertiary/aromatic N) is 3. The van der Waals surface area contributed by atoms with Crippen LogP contribution in [0.4, 0.5) is 0 Å². The van der Waals surface area contributed by atoms with Crippen LogP contribution >= 0.6 is 0 Å². The molecule has 0 amide bonds. The van der Waals surface area contributed by atoms with E-state index in [2.05, 4.69) is 0 Å². The van der Waals surface area contributed by atoms with Crippen LogP contribution in [0.25, 0.3) is 17.5 Å². The van der Waals surface area contributed by atoms with Crippen LogP contribution in [0.5, 0.6) is 5.75 Å². The van der Waals surface area contributed by atoms with Gasteiger partial charge in [0.05, 0.1) is 18.5 Å². The number of aromatic nitrogens is 3. The molecule has 0 aliphatic rings. The molecule has 2 heterocycles. The van der Waals surface area contributed by atoms with Gasteiger partial charge in [-0.15, -0.1) is 0 Å². The number of benzene rings is 2. The number of carbonyl (C=O) groups is 2. The first-order valence-corrected chi connectivity index (χ1v) is 11.8. The van der Waals surface area contributed by atoms with Crippen LogP contribution in [0.15, 0.2) is 71.5 Å². The summed E-state index contributed by atoms with van der Waals surface area (Å²) in [6.07, 6.45) is 2.88. The maximum atomic E-state index is 13.5. The highest BCUT2D eigenvalue weighted by Crippen LogP contribution is 2.23. The van der Waals surface area contributed by atoms with Gasteiger partial charge in [-0.05, 0) is 62.7 Å². The monoisotopic (exact) mass is 499 g/mol. The molecular formula is C29H29N3O5. The zero-order valence-corrected chi connectivity index (χ0v) is 21.5. The van der Waals surface area contributed by atoms with Crippen molar-refractivity contribution in [2.45, 2.75) is 20.8 Å². The molecule has 0 N–H and O–H groups in total. The van der Waals surface area contributed by atoms with Gasteiger partial charge in [-0.25, -0.2) is 9.48 Å². The van der Waals surface area contributed by atoms with E-state index in [9.17, 15) is 14.4 Å². The molecule has 190 valence electrons. The molecule has 0 atom stereocenters. The highest BCUT2D eigenvalue weighted by atomic mass is 16.5. The normalized spacial score (nSPS) is 11.2. The van der Waals surface area contributed by atoms with Gasteiger partial charge in [0.1, 0.15) is 11.4 Å². The fourth-order valence-electron chi connectivity index (χ4n) is 4.34. The fraction of sp³-hybridized carbons (Fsp3) is 0.207. The van der Waals surface area contributed by atoms with Crippen LogP contribution in [0.2, 0.25) is 0 Å². The van der Waals surface area contributed by atoms with Crippen LogP contribution in [0.3, 0.4) is 0 Å². The first-order valence-electron chi connectivity index (χ1n) is 11.8. The summed E-state index contributed by atoms with van der Waals surface area (Å²) in [5, 5.41) is 0. The molecule has 0 bridgehead atoms. The quantitative estimate of drug-likeness (QED) is 0.205. The minimum absolute atomic E-state index is 0.193. The summed E-state index contributed by atoms with van der Waals surface area (Å²) in [4.78, 5) is 38.6. The predicted molar refractivity (Wildman–Crippen MR) is 142 cm³/mol. The number of ether oxygens (including phenoxy) is 2. The smallest absolute Gasteiger partial charge is 0.331 e. The lowest BCUT2D eigenvalue weighted by Crippen LogP contribution is -2.22. The summed E-state index contributed by atoms with van der Waals surface area (Å²) in [5.41, 5.74) is 4.32. The molecule has 0 saturated heterocycles. The first kappa shape index (κ1) is 25.5. The van der Waals surface area contributed by atoms with Crippen LogP contribution in [0, 0.1) is 20.8 Å². The molecule has 0 aliphatic heterocycles. The molecule has 0 radical (unpaired) electrons. The lowest BCUT2D eigenvalue weighted by Gasteiger charge is -2.08. The lowest BCUT2D eigenvalue weighted by atomic mass is 10.1. The zero-order chi connectivity index (χ0) is 26.7. The number of ketones is 1. The Morgan fingerprint density at radius 2 is 1.62 bits per heavy atom. The maximum absolute atomic E-state index is 13.5. The van der Waals surface area contributed by atoms with Crippen molar-refractivity contribution in [2.24, 2.45) is 7.05 Å². The van der Waals surface area contributed by atoms with Gasteiger partial charge >= 0.3 is 5.97 Å². The van der Waals surface area contributed by atoms with E-state index in [0.717, 1.165) is 22.6 Å². The standard InChI is InChI=1S/C29H29N3O5/c1-19-17-25(26(33)18-37-27(34)16-13-22-11-14-24(36-5)15-12-22)20(2)31(19)28-21(3)30(4)32(29(28)35)23-9-7-6-8-10-23/h6-17H,18H2,1-5H3/b16-13+. The molecule has 8 heteroatoms. The van der Waals surface area contributed by atoms with E-state index in [1.165, 1.54) is 6.08 Å². The minimum atomic E-state index is -0.623. The lowest BCUT2D eigenvalue weighted by molar-refractivity contribution is -0.136. The van der Waals surface area contributed by atoms with Crippen LogP contribution < -0.4 is 10.3 Å². The number of hydrogen-bond donors (Lipinski definition) is 0. The predicted octanol–water partition coefficient (Wildman–Crippen LogP) is 4.34. The van der Waals surface area contributed by atoms with Crippen molar-refractivity contribution < 1.29 is 19.1 Å². The minimum Gasteiger partial charge on any atom is -0.497 e. The van der Waals surface area contributed by atoms with Gasteiger partial charge in [-0.3, -0.25) is 14.3 Å². The van der Waals surface area contributed by atoms with Crippen molar-refractivity contribution >= 4 is 17.8 Å². The average Bonchev–Trinajstić information content (AvgIpc) is 3.31. The molecule has 0 spiro atoms. The third kappa shape index (κ3) is 5.04. The molecule has 8 nitrogen and oxygen atoms in total. The Balaban J connectivity index is 1.54. The number of methoxy groups -OCH3 is 1. The molecule has 0 aliphatic carbocycles. The Labute approximate surface area is 215 Å². The Bertz CT molecular complexity index is 1540. The summed E-state index contributed by atoms with van der Waals surface area (Å²) in [6, 6.07) is 18.3. The number of aryl methyl sites for hydroxylation is 1. The van der Waals surface area contributed by atoms with E-state index in [-0.39, 0.29) is 11.3 Å². The number of Topliss-reactive ketones (excluding diaryl/α,β-unsaturated/α-hetero) is 1. The summed E-state index contributed by atoms with van der Waals surface area (Å²) < 4.78 is 15.5. The van der Waals surface area contributed by atoms with Crippen molar-refractivity contribution in [3.8, 4) is 17.1 Å². The SMILES string of the molecule is COc1ccc(/C=C/C(=O)OCC(=O)c2cc(C)n(-c3c(C)n(C)n(-c4ccccc4)c3=O)c2C)cc1. The highest BCUT2D eigenvalue weighted by Gasteiger charge is 2.24. The van der Waals surface area contributed by atoms with Gasteiger partial charge in [0.15, 0.2) is 6.61 Å². The van der Waals surface area contributed by atoms with Gasteiger partial charge in [-0.2, -0.15) is 0 Å². The fourth-order valence-corrected chi connectivity index (χ4v) is 4.34. The molecule has 0 fully saturated rings. The molecule has 4 rings (SSSR count). The number of para-hydroxylation sites is 1. The number of hydrogen-bond acceptors (Lipinski definition) is 5. The van der Waals surface area contributed by atoms with E-state index >= 15 is 0 Å². The Morgan fingerprint density at radius 3 is 2.27 bits per heavy atom. The molecule has 2 aromatic carbocycles. The van der Waals surface area contributed by atoms with E-state index < -0.39 is 12.6 Å². The maximum Gasteiger partial charge on any atom is 0.331 e. The average molecular weight is 500 g/mol. The summed E-state index contributed by atoms with van der Waals surface area (Å²) in [7, 11) is 3.41. The second-order valence-corrected chi connectivity index (χ2v) is 8.67. The van der Waals surface area contributed by atoms with Gasteiger partial charge in [0, 0.05) is 30.1 Å². The molecule has 2 aromatic heterocycles. The Kier molecular flexibility index (Phi) is 7.29. The Morgan fingerprint density at radius 1 is 0.946 bits per heavy atom. The van der Waals surface area contributed by atoms with Crippen molar-refractivity contribution in [1.82, 2.24) is 13.9 Å². The highest BCUT2D eigenvalue weighted by molar-refractivity contribution is 6.00. The largest absolute Gasteiger partial charge is 0.497 e. The summed E-state index contributed by atoms with van der Waals surface area (Å²) in [5.74, 6) is -0.252. The second-order valence-electron chi connectivity index (χ2n) is 8.67. The van der Waals surface area contributed by atoms with Gasteiger partial charge in [0.25, 0.3) is 5.56 Å². The summed E-state index contributed by atoms with van der Waals surface area (Å²) >= 11 is 0. The molecule has 37 heavy (non-hydrogen) atoms. The van der Waals surface area contributed by atoms with Gasteiger partial charge < -0.3 is 14.0 Å². The van der Waals surface area contributed by atoms with Crippen LogP contribution in [-0.4, -0.2) is 39.4 Å². The number of carbonyl (C=O) groups excluding carboxylic acids is 2. The topological polar surface area (TPSA) is 84.5 Å². The summed E-state index contributed by atoms with van der Waals surface area (Å²) in [6.45, 7) is 5.09. The van der Waals surface area contributed by atoms with Crippen molar-refractivity contribution in [1.29, 1.82) is 0 Å². The molecule has 0 unspecified atom stereocenters. The van der Waals surface area contributed by atoms with Gasteiger partial charge in [0.2, 0.25) is 5.78 Å². The first-order chi connectivity index (χ1) is 17.7.